The van der Waals surface area contributed by atoms with Crippen LogP contribution in [-0.2, 0) is 20.9 Å². The maximum absolute atomic E-state index is 12.5. The van der Waals surface area contributed by atoms with Crippen molar-refractivity contribution in [2.24, 2.45) is 0 Å². The summed E-state index contributed by atoms with van der Waals surface area (Å²) in [6, 6.07) is 16.2. The second-order valence-electron chi connectivity index (χ2n) is 6.20. The van der Waals surface area contributed by atoms with Gasteiger partial charge in [0.1, 0.15) is 12.4 Å². The number of likely N-dealkylation sites (N-methyl/N-ethyl adjacent to an activating group) is 2. The highest BCUT2D eigenvalue weighted by molar-refractivity contribution is 5.93. The highest BCUT2D eigenvalue weighted by atomic mass is 16.5. The molecule has 0 fully saturated rings. The highest BCUT2D eigenvalue weighted by Crippen LogP contribution is 2.15. The second kappa shape index (κ2) is 11.5. The molecule has 0 saturated heterocycles. The van der Waals surface area contributed by atoms with Crippen molar-refractivity contribution in [1.82, 2.24) is 10.2 Å². The molecule has 0 spiro atoms. The van der Waals surface area contributed by atoms with Gasteiger partial charge in [-0.15, -0.1) is 0 Å². The minimum absolute atomic E-state index is 0.0672. The number of carbonyl (C=O) groups excluding carboxylic acids is 3. The van der Waals surface area contributed by atoms with E-state index in [2.05, 4.69) is 5.32 Å². The molecule has 7 nitrogen and oxygen atoms in total. The number of nitrogens with zero attached hydrogens (tertiary/aromatic N) is 1. The van der Waals surface area contributed by atoms with Gasteiger partial charge in [0.15, 0.2) is 6.61 Å². The Labute approximate surface area is 170 Å². The zero-order chi connectivity index (χ0) is 21.1. The van der Waals surface area contributed by atoms with Crippen molar-refractivity contribution < 1.29 is 23.9 Å². The predicted octanol–water partition coefficient (Wildman–Crippen LogP) is 2.41. The first-order chi connectivity index (χ1) is 14.0. The summed E-state index contributed by atoms with van der Waals surface area (Å²) >= 11 is 0. The van der Waals surface area contributed by atoms with Gasteiger partial charge in [0.25, 0.3) is 5.91 Å². The van der Waals surface area contributed by atoms with E-state index in [0.29, 0.717) is 30.0 Å². The van der Waals surface area contributed by atoms with Crippen LogP contribution >= 0.6 is 0 Å². The average Bonchev–Trinajstić information content (AvgIpc) is 2.75. The maximum Gasteiger partial charge on any atom is 0.339 e. The molecular formula is C22H26N2O5. The van der Waals surface area contributed by atoms with E-state index in [1.165, 1.54) is 4.90 Å². The van der Waals surface area contributed by atoms with Crippen LogP contribution in [0.15, 0.2) is 54.6 Å². The topological polar surface area (TPSA) is 84.9 Å². The molecule has 2 aromatic rings. The molecule has 0 aliphatic heterocycles. The fourth-order valence-electron chi connectivity index (χ4n) is 2.62. The molecule has 0 radical (unpaired) electrons. The average molecular weight is 398 g/mol. The molecule has 0 unspecified atom stereocenters. The van der Waals surface area contributed by atoms with E-state index in [9.17, 15) is 14.4 Å². The summed E-state index contributed by atoms with van der Waals surface area (Å²) in [6.07, 6.45) is 0. The van der Waals surface area contributed by atoms with Crippen LogP contribution in [0.3, 0.4) is 0 Å². The summed E-state index contributed by atoms with van der Waals surface area (Å²) in [5.41, 5.74) is 0.992. The molecular weight excluding hydrogens is 372 g/mol. The van der Waals surface area contributed by atoms with E-state index < -0.39 is 18.5 Å². The van der Waals surface area contributed by atoms with Crippen LogP contribution < -0.4 is 10.1 Å². The lowest BCUT2D eigenvalue weighted by Crippen LogP contribution is -2.42. The third-order valence-electron chi connectivity index (χ3n) is 4.14. The number of benzene rings is 2. The minimum Gasteiger partial charge on any atom is -0.489 e. The van der Waals surface area contributed by atoms with Crippen LogP contribution in [0.25, 0.3) is 0 Å². The first-order valence-electron chi connectivity index (χ1n) is 9.52. The van der Waals surface area contributed by atoms with E-state index in [0.717, 1.165) is 0 Å². The lowest BCUT2D eigenvalue weighted by molar-refractivity contribution is -0.138. The van der Waals surface area contributed by atoms with Crippen LogP contribution in [-0.4, -0.2) is 48.9 Å². The Bertz CT molecular complexity index is 823. The Morgan fingerprint density at radius 3 is 2.34 bits per heavy atom. The molecule has 0 bridgehead atoms. The largest absolute Gasteiger partial charge is 0.489 e. The van der Waals surface area contributed by atoms with Crippen molar-refractivity contribution in [3.8, 4) is 5.75 Å². The molecule has 0 aliphatic rings. The zero-order valence-corrected chi connectivity index (χ0v) is 16.7. The zero-order valence-electron chi connectivity index (χ0n) is 16.7. The molecule has 2 aromatic carbocycles. The molecule has 0 saturated carbocycles. The number of carbonyl (C=O) groups is 3. The summed E-state index contributed by atoms with van der Waals surface area (Å²) in [6.45, 7) is 4.09. The molecule has 0 aliphatic carbocycles. The molecule has 0 aromatic heterocycles. The Balaban J connectivity index is 1.94. The van der Waals surface area contributed by atoms with Gasteiger partial charge in [-0.05, 0) is 32.0 Å². The normalized spacial score (nSPS) is 10.1. The Kier molecular flexibility index (Phi) is 8.69. The van der Waals surface area contributed by atoms with Gasteiger partial charge in [-0.1, -0.05) is 36.4 Å². The van der Waals surface area contributed by atoms with Crippen LogP contribution in [0.1, 0.15) is 29.8 Å². The quantitative estimate of drug-likeness (QED) is 0.621. The minimum atomic E-state index is -0.611. The van der Waals surface area contributed by atoms with Gasteiger partial charge in [-0.3, -0.25) is 9.59 Å². The Hall–Kier alpha value is -3.35. The Morgan fingerprint density at radius 2 is 1.66 bits per heavy atom. The number of hydrogen-bond acceptors (Lipinski definition) is 5. The van der Waals surface area contributed by atoms with Crippen LogP contribution in [0, 0.1) is 0 Å². The van der Waals surface area contributed by atoms with Crippen molar-refractivity contribution in [3.63, 3.8) is 0 Å². The lowest BCUT2D eigenvalue weighted by Gasteiger charge is -2.20. The number of ether oxygens (including phenoxy) is 2. The summed E-state index contributed by atoms with van der Waals surface area (Å²) in [4.78, 5) is 37.8. The summed E-state index contributed by atoms with van der Waals surface area (Å²) in [5.74, 6) is -0.600. The van der Waals surface area contributed by atoms with Crippen LogP contribution in [0.2, 0.25) is 0 Å². The van der Waals surface area contributed by atoms with Crippen molar-refractivity contribution >= 4 is 17.8 Å². The third kappa shape index (κ3) is 6.95. The summed E-state index contributed by atoms with van der Waals surface area (Å²) in [5, 5.41) is 2.64. The van der Waals surface area contributed by atoms with E-state index in [1.807, 2.05) is 30.3 Å². The van der Waals surface area contributed by atoms with Crippen molar-refractivity contribution in [2.45, 2.75) is 20.5 Å². The molecule has 0 atom stereocenters. The fourth-order valence-corrected chi connectivity index (χ4v) is 2.62. The number of para-hydroxylation sites is 1. The van der Waals surface area contributed by atoms with Gasteiger partial charge in [-0.25, -0.2) is 4.79 Å². The van der Waals surface area contributed by atoms with Crippen molar-refractivity contribution in [2.75, 3.05) is 26.2 Å². The number of amides is 2. The molecule has 1 N–H and O–H groups in total. The van der Waals surface area contributed by atoms with Gasteiger partial charge < -0.3 is 19.7 Å². The lowest BCUT2D eigenvalue weighted by atomic mass is 10.1. The molecule has 2 rings (SSSR count). The van der Waals surface area contributed by atoms with Gasteiger partial charge in [-0.2, -0.15) is 0 Å². The smallest absolute Gasteiger partial charge is 0.339 e. The molecule has 7 heteroatoms. The van der Waals surface area contributed by atoms with E-state index in [1.54, 1.807) is 38.1 Å². The number of nitrogens with one attached hydrogen (secondary N) is 1. The first kappa shape index (κ1) is 21.9. The van der Waals surface area contributed by atoms with Gasteiger partial charge in [0.05, 0.1) is 12.1 Å². The standard InChI is InChI=1S/C22H26N2O5/c1-3-23-20(25)14-24(4-2)21(26)16-29-22(27)19-13-9-8-10-17(19)15-28-18-11-6-5-7-12-18/h5-13H,3-4,14-16H2,1-2H3,(H,23,25). The number of esters is 1. The first-order valence-corrected chi connectivity index (χ1v) is 9.52. The number of rotatable bonds is 10. The second-order valence-corrected chi connectivity index (χ2v) is 6.20. The summed E-state index contributed by atoms with van der Waals surface area (Å²) in [7, 11) is 0. The van der Waals surface area contributed by atoms with Gasteiger partial charge in [0.2, 0.25) is 5.91 Å². The highest BCUT2D eigenvalue weighted by Gasteiger charge is 2.19. The molecule has 29 heavy (non-hydrogen) atoms. The van der Waals surface area contributed by atoms with E-state index in [4.69, 9.17) is 9.47 Å². The summed E-state index contributed by atoms with van der Waals surface area (Å²) < 4.78 is 10.9. The predicted molar refractivity (Wildman–Crippen MR) is 108 cm³/mol. The monoisotopic (exact) mass is 398 g/mol. The number of hydrogen-bond donors (Lipinski definition) is 1. The van der Waals surface area contributed by atoms with Crippen molar-refractivity contribution in [3.05, 3.63) is 65.7 Å². The fraction of sp³-hybridized carbons (Fsp3) is 0.318. The van der Waals surface area contributed by atoms with Crippen LogP contribution in [0.5, 0.6) is 5.75 Å². The SMILES string of the molecule is CCNC(=O)CN(CC)C(=O)COC(=O)c1ccccc1COc1ccccc1. The molecule has 154 valence electrons. The van der Waals surface area contributed by atoms with Gasteiger partial charge >= 0.3 is 5.97 Å². The third-order valence-corrected chi connectivity index (χ3v) is 4.14. The van der Waals surface area contributed by atoms with E-state index >= 15 is 0 Å². The van der Waals surface area contributed by atoms with Gasteiger partial charge in [0, 0.05) is 18.7 Å². The molecule has 0 heterocycles. The van der Waals surface area contributed by atoms with Crippen molar-refractivity contribution in [1.29, 1.82) is 0 Å². The Morgan fingerprint density at radius 1 is 0.966 bits per heavy atom. The maximum atomic E-state index is 12.5. The van der Waals surface area contributed by atoms with E-state index in [-0.39, 0.29) is 19.1 Å². The molecule has 2 amide bonds. The van der Waals surface area contributed by atoms with Crippen LogP contribution in [0.4, 0.5) is 0 Å².